The number of benzene rings is 1. The van der Waals surface area contributed by atoms with Gasteiger partial charge in [-0.15, -0.1) is 0 Å². The lowest BCUT2D eigenvalue weighted by Crippen LogP contribution is -2.37. The van der Waals surface area contributed by atoms with Gasteiger partial charge in [0.2, 0.25) is 0 Å². The lowest BCUT2D eigenvalue weighted by atomic mass is 10.1. The number of carbonyl (C=O) groups is 1. The standard InChI is InChI=1S/C22H29ClN2O4/c1-3-17-5-6-19(28-17)15-25-11-8-18(9-12-25)29-21-7-4-16(14-20(21)23)22(26)24-10-13-27-2/h4-7,14,18H,3,8-13,15H2,1-2H3,(H,24,26). The average Bonchev–Trinajstić information content (AvgIpc) is 3.18. The molecular weight excluding hydrogens is 392 g/mol. The second-order valence-corrected chi connectivity index (χ2v) is 7.62. The zero-order valence-electron chi connectivity index (χ0n) is 17.1. The van der Waals surface area contributed by atoms with Gasteiger partial charge in [0.1, 0.15) is 23.4 Å². The van der Waals surface area contributed by atoms with Gasteiger partial charge in [0.05, 0.1) is 18.2 Å². The van der Waals surface area contributed by atoms with Crippen molar-refractivity contribution in [3.05, 3.63) is 52.4 Å². The summed E-state index contributed by atoms with van der Waals surface area (Å²) in [4.78, 5) is 14.5. The van der Waals surface area contributed by atoms with E-state index < -0.39 is 0 Å². The third-order valence-electron chi connectivity index (χ3n) is 5.06. The Morgan fingerprint density at radius 2 is 2.00 bits per heavy atom. The molecule has 1 amide bonds. The topological polar surface area (TPSA) is 63.9 Å². The largest absolute Gasteiger partial charge is 0.489 e. The molecule has 1 saturated heterocycles. The first-order valence-corrected chi connectivity index (χ1v) is 10.5. The van der Waals surface area contributed by atoms with Gasteiger partial charge in [-0.05, 0) is 43.2 Å². The lowest BCUT2D eigenvalue weighted by Gasteiger charge is -2.31. The monoisotopic (exact) mass is 420 g/mol. The summed E-state index contributed by atoms with van der Waals surface area (Å²) in [6, 6.07) is 9.27. The molecule has 0 atom stereocenters. The summed E-state index contributed by atoms with van der Waals surface area (Å²) >= 11 is 6.35. The number of hydrogen-bond donors (Lipinski definition) is 1. The van der Waals surface area contributed by atoms with Crippen molar-refractivity contribution in [2.24, 2.45) is 0 Å². The number of likely N-dealkylation sites (tertiary alicyclic amines) is 1. The fraction of sp³-hybridized carbons (Fsp3) is 0.500. The summed E-state index contributed by atoms with van der Waals surface area (Å²) in [5.74, 6) is 2.50. The third-order valence-corrected chi connectivity index (χ3v) is 5.35. The van der Waals surface area contributed by atoms with E-state index in [9.17, 15) is 4.79 Å². The second-order valence-electron chi connectivity index (χ2n) is 7.21. The maximum absolute atomic E-state index is 12.1. The van der Waals surface area contributed by atoms with Gasteiger partial charge >= 0.3 is 0 Å². The summed E-state index contributed by atoms with van der Waals surface area (Å²) in [6.45, 7) is 5.76. The molecule has 0 aliphatic carbocycles. The number of piperidine rings is 1. The number of nitrogens with one attached hydrogen (secondary N) is 1. The van der Waals surface area contributed by atoms with Crippen LogP contribution >= 0.6 is 11.6 Å². The molecule has 0 radical (unpaired) electrons. The van der Waals surface area contributed by atoms with Gasteiger partial charge in [-0.2, -0.15) is 0 Å². The Kier molecular flexibility index (Phi) is 7.98. The molecule has 1 aliphatic heterocycles. The van der Waals surface area contributed by atoms with E-state index in [0.29, 0.717) is 29.5 Å². The van der Waals surface area contributed by atoms with E-state index in [2.05, 4.69) is 29.3 Å². The molecule has 2 heterocycles. The Hall–Kier alpha value is -2.02. The molecule has 0 bridgehead atoms. The fourth-order valence-corrected chi connectivity index (χ4v) is 3.61. The van der Waals surface area contributed by atoms with Gasteiger partial charge < -0.3 is 19.2 Å². The predicted octanol–water partition coefficient (Wildman–Crippen LogP) is 3.92. The van der Waals surface area contributed by atoms with Crippen LogP contribution in [0, 0.1) is 0 Å². The number of furan rings is 1. The number of carbonyl (C=O) groups excluding carboxylic acids is 1. The van der Waals surface area contributed by atoms with E-state index in [1.807, 2.05) is 0 Å². The van der Waals surface area contributed by atoms with Crippen LogP contribution in [0.4, 0.5) is 0 Å². The van der Waals surface area contributed by atoms with Gasteiger partial charge in [0.15, 0.2) is 0 Å². The molecule has 29 heavy (non-hydrogen) atoms. The molecule has 158 valence electrons. The predicted molar refractivity (Wildman–Crippen MR) is 113 cm³/mol. The second kappa shape index (κ2) is 10.7. The summed E-state index contributed by atoms with van der Waals surface area (Å²) in [5, 5.41) is 3.23. The minimum atomic E-state index is -0.173. The van der Waals surface area contributed by atoms with Crippen molar-refractivity contribution >= 4 is 17.5 Å². The molecule has 7 heteroatoms. The number of nitrogens with zero attached hydrogens (tertiary/aromatic N) is 1. The van der Waals surface area contributed by atoms with Gasteiger partial charge in [0, 0.05) is 38.7 Å². The third kappa shape index (κ3) is 6.23. The van der Waals surface area contributed by atoms with Crippen molar-refractivity contribution in [3.8, 4) is 5.75 Å². The Morgan fingerprint density at radius 1 is 1.24 bits per heavy atom. The van der Waals surface area contributed by atoms with Crippen LogP contribution in [0.25, 0.3) is 0 Å². The van der Waals surface area contributed by atoms with E-state index in [1.165, 1.54) is 0 Å². The molecule has 0 spiro atoms. The normalized spacial score (nSPS) is 15.4. The van der Waals surface area contributed by atoms with Gasteiger partial charge in [0.25, 0.3) is 5.91 Å². The molecule has 1 fully saturated rings. The number of rotatable bonds is 9. The number of hydrogen-bond acceptors (Lipinski definition) is 5. The van der Waals surface area contributed by atoms with Gasteiger partial charge in [-0.3, -0.25) is 9.69 Å². The van der Waals surface area contributed by atoms with Crippen molar-refractivity contribution in [2.75, 3.05) is 33.4 Å². The van der Waals surface area contributed by atoms with E-state index in [4.69, 9.17) is 25.5 Å². The van der Waals surface area contributed by atoms with Crippen LogP contribution in [0.5, 0.6) is 5.75 Å². The molecular formula is C22H29ClN2O4. The highest BCUT2D eigenvalue weighted by molar-refractivity contribution is 6.32. The van der Waals surface area contributed by atoms with Crippen LogP contribution in [0.2, 0.25) is 5.02 Å². The molecule has 2 aromatic rings. The van der Waals surface area contributed by atoms with Crippen molar-refractivity contribution in [1.82, 2.24) is 10.2 Å². The Labute approximate surface area is 177 Å². The molecule has 6 nitrogen and oxygen atoms in total. The quantitative estimate of drug-likeness (QED) is 0.623. The highest BCUT2D eigenvalue weighted by atomic mass is 35.5. The summed E-state index contributed by atoms with van der Waals surface area (Å²) < 4.78 is 16.8. The summed E-state index contributed by atoms with van der Waals surface area (Å²) in [5.41, 5.74) is 0.512. The number of ether oxygens (including phenoxy) is 2. The van der Waals surface area contributed by atoms with E-state index in [-0.39, 0.29) is 12.0 Å². The van der Waals surface area contributed by atoms with Crippen LogP contribution in [-0.4, -0.2) is 50.3 Å². The van der Waals surface area contributed by atoms with Crippen molar-refractivity contribution in [1.29, 1.82) is 0 Å². The Bertz CT molecular complexity index is 800. The van der Waals surface area contributed by atoms with Crippen molar-refractivity contribution in [3.63, 3.8) is 0 Å². The van der Waals surface area contributed by atoms with E-state index in [1.54, 1.807) is 25.3 Å². The average molecular weight is 421 g/mol. The molecule has 3 rings (SSSR count). The van der Waals surface area contributed by atoms with E-state index in [0.717, 1.165) is 50.4 Å². The smallest absolute Gasteiger partial charge is 0.251 e. The lowest BCUT2D eigenvalue weighted by molar-refractivity contribution is 0.0923. The number of halogens is 1. The highest BCUT2D eigenvalue weighted by Crippen LogP contribution is 2.29. The maximum atomic E-state index is 12.1. The zero-order valence-corrected chi connectivity index (χ0v) is 17.8. The summed E-state index contributed by atoms with van der Waals surface area (Å²) in [6.07, 6.45) is 2.89. The molecule has 1 aromatic carbocycles. The van der Waals surface area contributed by atoms with Gasteiger partial charge in [-0.25, -0.2) is 0 Å². The minimum Gasteiger partial charge on any atom is -0.489 e. The number of amides is 1. The first-order chi connectivity index (χ1) is 14.1. The molecule has 0 saturated carbocycles. The van der Waals surface area contributed by atoms with Crippen molar-refractivity contribution in [2.45, 2.75) is 38.8 Å². The zero-order chi connectivity index (χ0) is 20.6. The molecule has 1 aliphatic rings. The maximum Gasteiger partial charge on any atom is 0.251 e. The Balaban J connectivity index is 1.47. The first kappa shape index (κ1) is 21.7. The van der Waals surface area contributed by atoms with Crippen LogP contribution in [-0.2, 0) is 17.7 Å². The highest BCUT2D eigenvalue weighted by Gasteiger charge is 2.22. The van der Waals surface area contributed by atoms with Gasteiger partial charge in [-0.1, -0.05) is 18.5 Å². The number of aryl methyl sites for hydroxylation is 1. The SMILES string of the molecule is CCc1ccc(CN2CCC(Oc3ccc(C(=O)NCCOC)cc3Cl)CC2)o1. The van der Waals surface area contributed by atoms with Crippen LogP contribution in [0.1, 0.15) is 41.6 Å². The first-order valence-electron chi connectivity index (χ1n) is 10.1. The molecule has 1 aromatic heterocycles. The van der Waals surface area contributed by atoms with Crippen LogP contribution in [0.15, 0.2) is 34.7 Å². The van der Waals surface area contributed by atoms with Crippen LogP contribution in [0.3, 0.4) is 0 Å². The van der Waals surface area contributed by atoms with E-state index >= 15 is 0 Å². The fourth-order valence-electron chi connectivity index (χ4n) is 3.39. The van der Waals surface area contributed by atoms with Crippen LogP contribution < -0.4 is 10.1 Å². The number of methoxy groups -OCH3 is 1. The minimum absolute atomic E-state index is 0.118. The molecule has 1 N–H and O–H groups in total. The summed E-state index contributed by atoms with van der Waals surface area (Å²) in [7, 11) is 1.60. The molecule has 0 unspecified atom stereocenters. The Morgan fingerprint density at radius 3 is 2.66 bits per heavy atom. The van der Waals surface area contributed by atoms with Crippen molar-refractivity contribution < 1.29 is 18.7 Å².